The summed E-state index contributed by atoms with van der Waals surface area (Å²) in [6.07, 6.45) is 5.76. The average Bonchev–Trinajstić information content (AvgIpc) is 3.11. The van der Waals surface area contributed by atoms with Crippen LogP contribution >= 0.6 is 0 Å². The quantitative estimate of drug-likeness (QED) is 0.914. The second-order valence-electron chi connectivity index (χ2n) is 5.70. The highest BCUT2D eigenvalue weighted by molar-refractivity contribution is 5.55. The summed E-state index contributed by atoms with van der Waals surface area (Å²) in [6.45, 7) is 3.86. The van der Waals surface area contributed by atoms with Gasteiger partial charge in [0.2, 0.25) is 0 Å². The number of nitrogens with one attached hydrogen (secondary N) is 1. The molecule has 2 atom stereocenters. The Bertz CT molecular complexity index is 535. The molecule has 1 fully saturated rings. The molecule has 0 amide bonds. The lowest BCUT2D eigenvalue weighted by Crippen LogP contribution is -2.23. The molecule has 0 saturated carbocycles. The zero-order valence-electron chi connectivity index (χ0n) is 12.0. The van der Waals surface area contributed by atoms with E-state index in [1.807, 2.05) is 6.07 Å². The number of ether oxygens (including phenoxy) is 1. The van der Waals surface area contributed by atoms with E-state index in [0.29, 0.717) is 17.6 Å². The molecule has 2 heterocycles. The molecule has 4 heteroatoms. The fraction of sp³-hybridized carbons (Fsp3) is 0.625. The third-order valence-electron chi connectivity index (χ3n) is 4.45. The average molecular weight is 271 g/mol. The maximum Gasteiger partial charge on any atom is 0.144 e. The van der Waals surface area contributed by atoms with Crippen molar-refractivity contribution in [3.8, 4) is 6.07 Å². The molecule has 106 valence electrons. The minimum absolute atomic E-state index is 0.350. The highest BCUT2D eigenvalue weighted by atomic mass is 16.5. The monoisotopic (exact) mass is 271 g/mol. The van der Waals surface area contributed by atoms with Gasteiger partial charge in [-0.2, -0.15) is 5.26 Å². The third kappa shape index (κ3) is 2.51. The van der Waals surface area contributed by atoms with E-state index in [1.54, 1.807) is 0 Å². The van der Waals surface area contributed by atoms with Crippen LogP contribution in [-0.2, 0) is 17.6 Å². The Hall–Kier alpha value is -1.60. The summed E-state index contributed by atoms with van der Waals surface area (Å²) in [7, 11) is 0. The predicted molar refractivity (Wildman–Crippen MR) is 77.6 cm³/mol. The van der Waals surface area contributed by atoms with Crippen LogP contribution in [0.1, 0.15) is 43.0 Å². The molecule has 0 bridgehead atoms. The summed E-state index contributed by atoms with van der Waals surface area (Å²) in [5, 5.41) is 12.7. The van der Waals surface area contributed by atoms with Crippen molar-refractivity contribution in [2.24, 2.45) is 5.92 Å². The van der Waals surface area contributed by atoms with Crippen LogP contribution in [-0.4, -0.2) is 24.2 Å². The van der Waals surface area contributed by atoms with Crippen LogP contribution in [0.2, 0.25) is 0 Å². The van der Waals surface area contributed by atoms with E-state index in [4.69, 9.17) is 4.74 Å². The molecule has 2 aliphatic rings. The van der Waals surface area contributed by atoms with Crippen molar-refractivity contribution in [3.05, 3.63) is 22.9 Å². The van der Waals surface area contributed by atoms with Crippen LogP contribution < -0.4 is 5.32 Å². The third-order valence-corrected chi connectivity index (χ3v) is 4.45. The molecule has 1 aliphatic heterocycles. The number of aryl methyl sites for hydroxylation is 2. The summed E-state index contributed by atoms with van der Waals surface area (Å²) in [6, 6.07) is 4.28. The van der Waals surface area contributed by atoms with Gasteiger partial charge < -0.3 is 10.1 Å². The molecule has 3 rings (SSSR count). The normalized spacial score (nSPS) is 24.4. The minimum atomic E-state index is 0.350. The SMILES string of the molecule is CCC1OCCC1CNc1nc2c(cc1C#N)CCC2. The predicted octanol–water partition coefficient (Wildman–Crippen LogP) is 2.67. The van der Waals surface area contributed by atoms with Gasteiger partial charge in [0.05, 0.1) is 11.7 Å². The van der Waals surface area contributed by atoms with Crippen molar-refractivity contribution in [3.63, 3.8) is 0 Å². The van der Waals surface area contributed by atoms with Gasteiger partial charge in [0, 0.05) is 24.8 Å². The highest BCUT2D eigenvalue weighted by Gasteiger charge is 2.27. The van der Waals surface area contributed by atoms with E-state index in [1.165, 1.54) is 11.3 Å². The summed E-state index contributed by atoms with van der Waals surface area (Å²) < 4.78 is 5.71. The van der Waals surface area contributed by atoms with Gasteiger partial charge in [-0.3, -0.25) is 0 Å². The molecule has 1 aromatic rings. The van der Waals surface area contributed by atoms with Gasteiger partial charge in [-0.05, 0) is 43.7 Å². The largest absolute Gasteiger partial charge is 0.378 e. The number of hydrogen-bond acceptors (Lipinski definition) is 4. The van der Waals surface area contributed by atoms with E-state index in [0.717, 1.165) is 51.1 Å². The second kappa shape index (κ2) is 5.80. The Balaban J connectivity index is 1.72. The lowest BCUT2D eigenvalue weighted by Gasteiger charge is -2.18. The smallest absolute Gasteiger partial charge is 0.144 e. The van der Waals surface area contributed by atoms with Crippen molar-refractivity contribution in [2.75, 3.05) is 18.5 Å². The van der Waals surface area contributed by atoms with Crippen molar-refractivity contribution in [1.29, 1.82) is 5.26 Å². The molecule has 0 spiro atoms. The number of hydrogen-bond donors (Lipinski definition) is 1. The fourth-order valence-corrected chi connectivity index (χ4v) is 3.30. The molecular formula is C16H21N3O. The van der Waals surface area contributed by atoms with Gasteiger partial charge in [-0.15, -0.1) is 0 Å². The molecule has 1 aromatic heterocycles. The van der Waals surface area contributed by atoms with E-state index >= 15 is 0 Å². The van der Waals surface area contributed by atoms with E-state index in [-0.39, 0.29) is 0 Å². The molecule has 4 nitrogen and oxygen atoms in total. The Labute approximate surface area is 120 Å². The molecule has 1 saturated heterocycles. The van der Waals surface area contributed by atoms with Crippen LogP contribution in [0.4, 0.5) is 5.82 Å². The first-order chi connectivity index (χ1) is 9.81. The molecule has 0 aromatic carbocycles. The molecule has 1 aliphatic carbocycles. The van der Waals surface area contributed by atoms with Crippen LogP contribution in [0.15, 0.2) is 6.07 Å². The fourth-order valence-electron chi connectivity index (χ4n) is 3.30. The highest BCUT2D eigenvalue weighted by Crippen LogP contribution is 2.27. The van der Waals surface area contributed by atoms with Gasteiger partial charge in [-0.25, -0.2) is 4.98 Å². The summed E-state index contributed by atoms with van der Waals surface area (Å²) in [5.41, 5.74) is 3.10. The van der Waals surface area contributed by atoms with E-state index < -0.39 is 0 Å². The van der Waals surface area contributed by atoms with Crippen molar-refractivity contribution >= 4 is 5.82 Å². The molecule has 2 unspecified atom stereocenters. The number of rotatable bonds is 4. The van der Waals surface area contributed by atoms with Gasteiger partial charge in [0.15, 0.2) is 0 Å². The summed E-state index contributed by atoms with van der Waals surface area (Å²) >= 11 is 0. The first-order valence-corrected chi connectivity index (χ1v) is 7.60. The molecule has 0 radical (unpaired) electrons. The zero-order chi connectivity index (χ0) is 13.9. The minimum Gasteiger partial charge on any atom is -0.378 e. The Morgan fingerprint density at radius 3 is 3.20 bits per heavy atom. The number of aromatic nitrogens is 1. The number of pyridine rings is 1. The first kappa shape index (κ1) is 13.4. The van der Waals surface area contributed by atoms with Crippen LogP contribution in [0, 0.1) is 17.2 Å². The first-order valence-electron chi connectivity index (χ1n) is 7.60. The Morgan fingerprint density at radius 2 is 2.40 bits per heavy atom. The molecule has 20 heavy (non-hydrogen) atoms. The number of fused-ring (bicyclic) bond motifs is 1. The van der Waals surface area contributed by atoms with Gasteiger partial charge in [0.1, 0.15) is 11.9 Å². The van der Waals surface area contributed by atoms with Gasteiger partial charge >= 0.3 is 0 Å². The zero-order valence-corrected chi connectivity index (χ0v) is 12.0. The molecular weight excluding hydrogens is 250 g/mol. The number of anilines is 1. The maximum atomic E-state index is 9.29. The molecule has 1 N–H and O–H groups in total. The van der Waals surface area contributed by atoms with Crippen molar-refractivity contribution in [2.45, 2.75) is 45.1 Å². The van der Waals surface area contributed by atoms with Crippen molar-refractivity contribution in [1.82, 2.24) is 4.98 Å². The standard InChI is InChI=1S/C16H21N3O/c1-2-15-12(6-7-20-15)10-18-16-13(9-17)8-11-4-3-5-14(11)19-16/h8,12,15H,2-7,10H2,1H3,(H,18,19). The van der Waals surface area contributed by atoms with E-state index in [9.17, 15) is 5.26 Å². The van der Waals surface area contributed by atoms with Gasteiger partial charge in [-0.1, -0.05) is 6.92 Å². The van der Waals surface area contributed by atoms with Gasteiger partial charge in [0.25, 0.3) is 0 Å². The van der Waals surface area contributed by atoms with Crippen LogP contribution in [0.25, 0.3) is 0 Å². The Kier molecular flexibility index (Phi) is 3.88. The summed E-state index contributed by atoms with van der Waals surface area (Å²) in [4.78, 5) is 4.66. The van der Waals surface area contributed by atoms with Crippen LogP contribution in [0.3, 0.4) is 0 Å². The second-order valence-corrected chi connectivity index (χ2v) is 5.70. The lowest BCUT2D eigenvalue weighted by molar-refractivity contribution is 0.0900. The topological polar surface area (TPSA) is 57.9 Å². The van der Waals surface area contributed by atoms with E-state index in [2.05, 4.69) is 23.3 Å². The maximum absolute atomic E-state index is 9.29. The number of nitriles is 1. The van der Waals surface area contributed by atoms with Crippen molar-refractivity contribution < 1.29 is 4.74 Å². The summed E-state index contributed by atoms with van der Waals surface area (Å²) in [5.74, 6) is 1.29. The lowest BCUT2D eigenvalue weighted by atomic mass is 9.99. The van der Waals surface area contributed by atoms with Crippen LogP contribution in [0.5, 0.6) is 0 Å². The number of nitrogens with zero attached hydrogens (tertiary/aromatic N) is 2. The Morgan fingerprint density at radius 1 is 1.50 bits per heavy atom.